The summed E-state index contributed by atoms with van der Waals surface area (Å²) in [5.41, 5.74) is 2.36. The molecule has 1 aromatic carbocycles. The average Bonchev–Trinajstić information content (AvgIpc) is 2.27. The predicted molar refractivity (Wildman–Crippen MR) is 70.7 cm³/mol. The Balaban J connectivity index is 2.65. The highest BCUT2D eigenvalue weighted by Gasteiger charge is 2.15. The van der Waals surface area contributed by atoms with Gasteiger partial charge in [-0.25, -0.2) is 0 Å². The van der Waals surface area contributed by atoms with E-state index in [1.807, 2.05) is 26.0 Å². The molecule has 0 spiro atoms. The van der Waals surface area contributed by atoms with E-state index in [-0.39, 0.29) is 16.8 Å². The van der Waals surface area contributed by atoms with Crippen LogP contribution in [-0.4, -0.2) is 10.7 Å². The van der Waals surface area contributed by atoms with Gasteiger partial charge in [-0.15, -0.1) is 0 Å². The van der Waals surface area contributed by atoms with Crippen molar-refractivity contribution in [1.82, 2.24) is 5.32 Å². The first-order valence-electron chi connectivity index (χ1n) is 5.55. The van der Waals surface area contributed by atoms with Crippen molar-refractivity contribution in [2.75, 3.05) is 0 Å². The van der Waals surface area contributed by atoms with Crippen molar-refractivity contribution in [2.24, 2.45) is 0 Å². The van der Waals surface area contributed by atoms with E-state index in [2.05, 4.69) is 40.3 Å². The quantitative estimate of drug-likeness (QED) is 0.844. The molecule has 1 unspecified atom stereocenters. The summed E-state index contributed by atoms with van der Waals surface area (Å²) >= 11 is 3.35. The van der Waals surface area contributed by atoms with Crippen LogP contribution in [-0.2, 0) is 4.79 Å². The predicted octanol–water partition coefficient (Wildman–Crippen LogP) is 3.35. The third kappa shape index (κ3) is 3.63. The Morgan fingerprint density at radius 1 is 1.50 bits per heavy atom. The molecule has 0 aliphatic carbocycles. The third-order valence-corrected chi connectivity index (χ3v) is 3.61. The highest BCUT2D eigenvalue weighted by molar-refractivity contribution is 9.10. The molecule has 0 saturated carbocycles. The summed E-state index contributed by atoms with van der Waals surface area (Å²) in [5.74, 6) is 0.0523. The van der Waals surface area contributed by atoms with Crippen LogP contribution in [0.5, 0.6) is 0 Å². The van der Waals surface area contributed by atoms with Gasteiger partial charge in [-0.05, 0) is 25.8 Å². The van der Waals surface area contributed by atoms with Gasteiger partial charge in [0, 0.05) is 0 Å². The van der Waals surface area contributed by atoms with Crippen LogP contribution in [0.1, 0.15) is 37.4 Å². The lowest BCUT2D eigenvalue weighted by molar-refractivity contribution is -0.121. The van der Waals surface area contributed by atoms with Gasteiger partial charge in [-0.2, -0.15) is 0 Å². The first kappa shape index (κ1) is 13.2. The molecule has 0 saturated heterocycles. The van der Waals surface area contributed by atoms with Crippen LogP contribution in [0, 0.1) is 6.92 Å². The van der Waals surface area contributed by atoms with Crippen LogP contribution >= 0.6 is 15.9 Å². The first-order chi connectivity index (χ1) is 7.54. The molecule has 1 aromatic rings. The zero-order chi connectivity index (χ0) is 12.1. The second-order valence-electron chi connectivity index (χ2n) is 4.02. The van der Waals surface area contributed by atoms with Gasteiger partial charge in [0.15, 0.2) is 0 Å². The van der Waals surface area contributed by atoms with E-state index in [4.69, 9.17) is 0 Å². The van der Waals surface area contributed by atoms with Gasteiger partial charge in [-0.3, -0.25) is 4.79 Å². The number of hydrogen-bond acceptors (Lipinski definition) is 1. The largest absolute Gasteiger partial charge is 0.349 e. The first-order valence-corrected chi connectivity index (χ1v) is 6.47. The molecule has 1 amide bonds. The number of rotatable bonds is 4. The summed E-state index contributed by atoms with van der Waals surface area (Å²) in [7, 11) is 0. The molecule has 0 fully saturated rings. The van der Waals surface area contributed by atoms with E-state index >= 15 is 0 Å². The van der Waals surface area contributed by atoms with Gasteiger partial charge in [-0.1, -0.05) is 52.7 Å². The van der Waals surface area contributed by atoms with E-state index in [1.54, 1.807) is 0 Å². The maximum atomic E-state index is 11.7. The van der Waals surface area contributed by atoms with E-state index in [0.717, 1.165) is 12.0 Å². The minimum absolute atomic E-state index is 0.0523. The number of alkyl halides is 1. The van der Waals surface area contributed by atoms with Gasteiger partial charge in [0.2, 0.25) is 5.91 Å². The number of aryl methyl sites for hydroxylation is 1. The average molecular weight is 284 g/mol. The van der Waals surface area contributed by atoms with Crippen LogP contribution in [0.4, 0.5) is 0 Å². The Labute approximate surface area is 106 Å². The molecule has 1 N–H and O–H groups in total. The molecular formula is C13H18BrNO. The van der Waals surface area contributed by atoms with Crippen LogP contribution in [0.2, 0.25) is 0 Å². The van der Waals surface area contributed by atoms with E-state index < -0.39 is 0 Å². The molecule has 2 nitrogen and oxygen atoms in total. The lowest BCUT2D eigenvalue weighted by Gasteiger charge is -2.16. The fourth-order valence-corrected chi connectivity index (χ4v) is 1.64. The minimum atomic E-state index is -0.0974. The number of nitrogens with one attached hydrogen (secondary N) is 1. The fourth-order valence-electron chi connectivity index (χ4n) is 1.51. The Kier molecular flexibility index (Phi) is 5.00. The molecule has 2 atom stereocenters. The van der Waals surface area contributed by atoms with Crippen molar-refractivity contribution < 1.29 is 4.79 Å². The Morgan fingerprint density at radius 3 is 2.75 bits per heavy atom. The molecule has 0 bridgehead atoms. The van der Waals surface area contributed by atoms with Gasteiger partial charge >= 0.3 is 0 Å². The molecule has 3 heteroatoms. The van der Waals surface area contributed by atoms with Crippen molar-refractivity contribution in [1.29, 1.82) is 0 Å². The lowest BCUT2D eigenvalue weighted by atomic mass is 10.1. The molecule has 0 heterocycles. The summed E-state index contributed by atoms with van der Waals surface area (Å²) in [6.45, 7) is 6.04. The standard InChI is InChI=1S/C13H18BrNO/c1-4-12(14)13(16)15-10(3)11-7-5-6-9(2)8-11/h5-8,10,12H,4H2,1-3H3,(H,15,16)/t10-,12?/m0/s1. The number of benzene rings is 1. The summed E-state index contributed by atoms with van der Waals surface area (Å²) in [5, 5.41) is 2.99. The summed E-state index contributed by atoms with van der Waals surface area (Å²) in [6, 6.07) is 8.25. The van der Waals surface area contributed by atoms with Crippen LogP contribution in [0.3, 0.4) is 0 Å². The molecule has 16 heavy (non-hydrogen) atoms. The van der Waals surface area contributed by atoms with E-state index in [1.165, 1.54) is 5.56 Å². The maximum Gasteiger partial charge on any atom is 0.234 e. The number of carbonyl (C=O) groups excluding carboxylic acids is 1. The van der Waals surface area contributed by atoms with Gasteiger partial charge in [0.25, 0.3) is 0 Å². The SMILES string of the molecule is CCC(Br)C(=O)N[C@@H](C)c1cccc(C)c1. The van der Waals surface area contributed by atoms with Crippen molar-refractivity contribution in [3.63, 3.8) is 0 Å². The van der Waals surface area contributed by atoms with Crippen LogP contribution in [0.15, 0.2) is 24.3 Å². The van der Waals surface area contributed by atoms with Crippen LogP contribution in [0.25, 0.3) is 0 Å². The summed E-state index contributed by atoms with van der Waals surface area (Å²) in [4.78, 5) is 11.6. The molecule has 0 aliphatic rings. The molecular weight excluding hydrogens is 266 g/mol. The van der Waals surface area contributed by atoms with Crippen molar-refractivity contribution in [3.05, 3.63) is 35.4 Å². The molecule has 88 valence electrons. The normalized spacial score (nSPS) is 14.2. The van der Waals surface area contributed by atoms with Crippen molar-refractivity contribution in [3.8, 4) is 0 Å². The van der Waals surface area contributed by atoms with Gasteiger partial charge < -0.3 is 5.32 Å². The lowest BCUT2D eigenvalue weighted by Crippen LogP contribution is -2.32. The second-order valence-corrected chi connectivity index (χ2v) is 5.13. The summed E-state index contributed by atoms with van der Waals surface area (Å²) < 4.78 is 0. The number of amides is 1. The van der Waals surface area contributed by atoms with Crippen LogP contribution < -0.4 is 5.32 Å². The minimum Gasteiger partial charge on any atom is -0.349 e. The van der Waals surface area contributed by atoms with Crippen molar-refractivity contribution in [2.45, 2.75) is 38.1 Å². The molecule has 0 radical (unpaired) electrons. The smallest absolute Gasteiger partial charge is 0.234 e. The molecule has 0 aliphatic heterocycles. The van der Waals surface area contributed by atoms with Gasteiger partial charge in [0.1, 0.15) is 0 Å². The van der Waals surface area contributed by atoms with Crippen molar-refractivity contribution >= 4 is 21.8 Å². The highest BCUT2D eigenvalue weighted by Crippen LogP contribution is 2.15. The summed E-state index contributed by atoms with van der Waals surface area (Å²) in [6.07, 6.45) is 0.798. The Morgan fingerprint density at radius 2 is 2.19 bits per heavy atom. The fraction of sp³-hybridized carbons (Fsp3) is 0.462. The zero-order valence-corrected chi connectivity index (χ0v) is 11.5. The zero-order valence-electron chi connectivity index (χ0n) is 9.96. The topological polar surface area (TPSA) is 29.1 Å². The van der Waals surface area contributed by atoms with E-state index in [9.17, 15) is 4.79 Å². The van der Waals surface area contributed by atoms with Gasteiger partial charge in [0.05, 0.1) is 10.9 Å². The highest BCUT2D eigenvalue weighted by atomic mass is 79.9. The Bertz CT molecular complexity index is 365. The Hall–Kier alpha value is -0.830. The molecule has 0 aromatic heterocycles. The number of halogens is 1. The number of hydrogen-bond donors (Lipinski definition) is 1. The second kappa shape index (κ2) is 6.04. The monoisotopic (exact) mass is 283 g/mol. The third-order valence-electron chi connectivity index (χ3n) is 2.54. The van der Waals surface area contributed by atoms with E-state index in [0.29, 0.717) is 0 Å². The number of carbonyl (C=O) groups is 1. The molecule has 1 rings (SSSR count). The maximum absolute atomic E-state index is 11.7.